The minimum Gasteiger partial charge on any atom is -0.397 e. The van der Waals surface area contributed by atoms with E-state index in [4.69, 9.17) is 5.73 Å². The highest BCUT2D eigenvalue weighted by Crippen LogP contribution is 2.22. The molecule has 0 fully saturated rings. The SMILES string of the molecule is CC(C)Cn1cnnc1-c1ccncc1N. The Labute approximate surface area is 94.3 Å². The summed E-state index contributed by atoms with van der Waals surface area (Å²) >= 11 is 0. The molecular weight excluding hydrogens is 202 g/mol. The minimum absolute atomic E-state index is 0.540. The Morgan fingerprint density at radius 1 is 1.44 bits per heavy atom. The van der Waals surface area contributed by atoms with Crippen molar-refractivity contribution in [1.29, 1.82) is 0 Å². The molecule has 0 spiro atoms. The molecule has 0 amide bonds. The van der Waals surface area contributed by atoms with Crippen molar-refractivity contribution in [3.05, 3.63) is 24.8 Å². The lowest BCUT2D eigenvalue weighted by molar-refractivity contribution is 0.525. The summed E-state index contributed by atoms with van der Waals surface area (Å²) in [5.74, 6) is 1.34. The van der Waals surface area contributed by atoms with Crippen molar-refractivity contribution in [1.82, 2.24) is 19.7 Å². The Morgan fingerprint density at radius 3 is 2.94 bits per heavy atom. The van der Waals surface area contributed by atoms with Crippen molar-refractivity contribution in [2.24, 2.45) is 5.92 Å². The van der Waals surface area contributed by atoms with E-state index in [0.717, 1.165) is 17.9 Å². The van der Waals surface area contributed by atoms with Crippen LogP contribution >= 0.6 is 0 Å². The van der Waals surface area contributed by atoms with Crippen molar-refractivity contribution in [3.8, 4) is 11.4 Å². The molecule has 2 N–H and O–H groups in total. The smallest absolute Gasteiger partial charge is 0.165 e. The molecule has 0 aromatic carbocycles. The highest BCUT2D eigenvalue weighted by Gasteiger charge is 2.10. The van der Waals surface area contributed by atoms with Gasteiger partial charge in [0.25, 0.3) is 0 Å². The molecule has 0 radical (unpaired) electrons. The van der Waals surface area contributed by atoms with Crippen LogP contribution in [0.25, 0.3) is 11.4 Å². The van der Waals surface area contributed by atoms with Gasteiger partial charge in [0.05, 0.1) is 11.9 Å². The van der Waals surface area contributed by atoms with Crippen molar-refractivity contribution < 1.29 is 0 Å². The van der Waals surface area contributed by atoms with Crippen LogP contribution in [0.5, 0.6) is 0 Å². The van der Waals surface area contributed by atoms with Gasteiger partial charge in [-0.2, -0.15) is 0 Å². The molecule has 0 unspecified atom stereocenters. The summed E-state index contributed by atoms with van der Waals surface area (Å²) in [6.07, 6.45) is 5.07. The molecule has 84 valence electrons. The molecule has 0 aliphatic heterocycles. The first kappa shape index (κ1) is 10.6. The quantitative estimate of drug-likeness (QED) is 0.847. The molecule has 0 atom stereocenters. The second kappa shape index (κ2) is 4.30. The van der Waals surface area contributed by atoms with Crippen LogP contribution in [0.4, 0.5) is 5.69 Å². The fourth-order valence-corrected chi connectivity index (χ4v) is 1.60. The van der Waals surface area contributed by atoms with Crippen LogP contribution in [0.15, 0.2) is 24.8 Å². The van der Waals surface area contributed by atoms with E-state index in [1.54, 1.807) is 18.7 Å². The fraction of sp³-hybridized carbons (Fsp3) is 0.364. The van der Waals surface area contributed by atoms with E-state index in [1.807, 2.05) is 10.6 Å². The second-order valence-corrected chi connectivity index (χ2v) is 4.16. The third-order valence-electron chi connectivity index (χ3n) is 2.27. The third-order valence-corrected chi connectivity index (χ3v) is 2.27. The predicted octanol–water partition coefficient (Wildman–Crippen LogP) is 1.58. The molecule has 0 saturated carbocycles. The summed E-state index contributed by atoms with van der Waals surface area (Å²) in [5.41, 5.74) is 7.38. The molecule has 0 aliphatic rings. The number of pyridine rings is 1. The van der Waals surface area contributed by atoms with E-state index < -0.39 is 0 Å². The monoisotopic (exact) mass is 217 g/mol. The largest absolute Gasteiger partial charge is 0.397 e. The Balaban J connectivity index is 2.41. The normalized spacial score (nSPS) is 10.9. The molecule has 2 aromatic heterocycles. The molecule has 2 rings (SSSR count). The van der Waals surface area contributed by atoms with Gasteiger partial charge in [0, 0.05) is 18.3 Å². The van der Waals surface area contributed by atoms with Gasteiger partial charge in [-0.15, -0.1) is 10.2 Å². The van der Waals surface area contributed by atoms with Gasteiger partial charge in [-0.05, 0) is 12.0 Å². The second-order valence-electron chi connectivity index (χ2n) is 4.16. The van der Waals surface area contributed by atoms with E-state index in [1.165, 1.54) is 0 Å². The summed E-state index contributed by atoms with van der Waals surface area (Å²) in [6.45, 7) is 5.18. The number of nitrogen functional groups attached to an aromatic ring is 1. The Kier molecular flexibility index (Phi) is 2.85. The van der Waals surface area contributed by atoms with E-state index in [0.29, 0.717) is 11.6 Å². The zero-order chi connectivity index (χ0) is 11.5. The maximum Gasteiger partial charge on any atom is 0.165 e. The van der Waals surface area contributed by atoms with Crippen LogP contribution in [0.2, 0.25) is 0 Å². The third kappa shape index (κ3) is 2.03. The summed E-state index contributed by atoms with van der Waals surface area (Å²) in [4.78, 5) is 3.96. The van der Waals surface area contributed by atoms with E-state index in [2.05, 4.69) is 29.0 Å². The van der Waals surface area contributed by atoms with Gasteiger partial charge < -0.3 is 10.3 Å². The summed E-state index contributed by atoms with van der Waals surface area (Å²) < 4.78 is 2.01. The molecule has 16 heavy (non-hydrogen) atoms. The molecular formula is C11H15N5. The van der Waals surface area contributed by atoms with Gasteiger partial charge in [-0.1, -0.05) is 13.8 Å². The fourth-order valence-electron chi connectivity index (χ4n) is 1.60. The highest BCUT2D eigenvalue weighted by atomic mass is 15.3. The Bertz CT molecular complexity index is 475. The molecule has 5 heteroatoms. The zero-order valence-corrected chi connectivity index (χ0v) is 9.46. The van der Waals surface area contributed by atoms with Crippen LogP contribution in [0.3, 0.4) is 0 Å². The van der Waals surface area contributed by atoms with Crippen LogP contribution in [-0.4, -0.2) is 19.7 Å². The topological polar surface area (TPSA) is 69.6 Å². The van der Waals surface area contributed by atoms with Crippen LogP contribution in [-0.2, 0) is 6.54 Å². The van der Waals surface area contributed by atoms with Gasteiger partial charge in [0.2, 0.25) is 0 Å². The van der Waals surface area contributed by atoms with E-state index in [9.17, 15) is 0 Å². The zero-order valence-electron chi connectivity index (χ0n) is 9.46. The van der Waals surface area contributed by atoms with Crippen molar-refractivity contribution in [2.75, 3.05) is 5.73 Å². The Morgan fingerprint density at radius 2 is 2.25 bits per heavy atom. The van der Waals surface area contributed by atoms with Crippen LogP contribution < -0.4 is 5.73 Å². The number of hydrogen-bond acceptors (Lipinski definition) is 4. The number of hydrogen-bond donors (Lipinski definition) is 1. The van der Waals surface area contributed by atoms with Crippen molar-refractivity contribution in [2.45, 2.75) is 20.4 Å². The first-order chi connectivity index (χ1) is 7.68. The maximum absolute atomic E-state index is 5.87. The van der Waals surface area contributed by atoms with E-state index >= 15 is 0 Å². The molecule has 2 heterocycles. The average molecular weight is 217 g/mol. The molecule has 2 aromatic rings. The van der Waals surface area contributed by atoms with Crippen LogP contribution in [0, 0.1) is 5.92 Å². The van der Waals surface area contributed by atoms with Gasteiger partial charge in [0.15, 0.2) is 5.82 Å². The minimum atomic E-state index is 0.540. The molecule has 5 nitrogen and oxygen atoms in total. The number of nitrogens with zero attached hydrogens (tertiary/aromatic N) is 4. The highest BCUT2D eigenvalue weighted by molar-refractivity contribution is 5.70. The Hall–Kier alpha value is -1.91. The molecule has 0 saturated heterocycles. The van der Waals surface area contributed by atoms with Crippen molar-refractivity contribution >= 4 is 5.69 Å². The number of nitrogens with two attached hydrogens (primary N) is 1. The summed E-state index contributed by atoms with van der Waals surface area (Å²) in [7, 11) is 0. The predicted molar refractivity (Wildman–Crippen MR) is 62.5 cm³/mol. The summed E-state index contributed by atoms with van der Waals surface area (Å²) in [6, 6.07) is 1.86. The average Bonchev–Trinajstić information content (AvgIpc) is 2.66. The van der Waals surface area contributed by atoms with Gasteiger partial charge >= 0.3 is 0 Å². The van der Waals surface area contributed by atoms with Gasteiger partial charge in [-0.3, -0.25) is 4.98 Å². The lowest BCUT2D eigenvalue weighted by Crippen LogP contribution is -2.06. The standard InChI is InChI=1S/C11H15N5/c1-8(2)6-16-7-14-15-11(16)9-3-4-13-5-10(9)12/h3-5,7-8H,6,12H2,1-2H3. The molecule has 0 aliphatic carbocycles. The lowest BCUT2D eigenvalue weighted by atomic mass is 10.2. The number of aromatic nitrogens is 4. The van der Waals surface area contributed by atoms with Gasteiger partial charge in [0.1, 0.15) is 6.33 Å². The lowest BCUT2D eigenvalue weighted by Gasteiger charge is -2.09. The number of anilines is 1. The maximum atomic E-state index is 5.87. The van der Waals surface area contributed by atoms with E-state index in [-0.39, 0.29) is 0 Å². The summed E-state index contributed by atoms with van der Waals surface area (Å²) in [5, 5.41) is 8.04. The molecule has 0 bridgehead atoms. The number of rotatable bonds is 3. The first-order valence-electron chi connectivity index (χ1n) is 5.26. The van der Waals surface area contributed by atoms with Crippen molar-refractivity contribution in [3.63, 3.8) is 0 Å². The van der Waals surface area contributed by atoms with Crippen LogP contribution in [0.1, 0.15) is 13.8 Å². The van der Waals surface area contributed by atoms with Gasteiger partial charge in [-0.25, -0.2) is 0 Å². The first-order valence-corrected chi connectivity index (χ1v) is 5.26.